The molecule has 0 bridgehead atoms. The van der Waals surface area contributed by atoms with Gasteiger partial charge in [-0.1, -0.05) is 29.8 Å². The monoisotopic (exact) mass is 326 g/mol. The Balaban J connectivity index is 1.82. The summed E-state index contributed by atoms with van der Waals surface area (Å²) in [4.78, 5) is 16.7. The Hall–Kier alpha value is -2.43. The summed E-state index contributed by atoms with van der Waals surface area (Å²) in [7, 11) is 0. The Labute approximate surface area is 138 Å². The van der Waals surface area contributed by atoms with Crippen molar-refractivity contribution in [1.29, 1.82) is 0 Å². The quantitative estimate of drug-likeness (QED) is 0.773. The van der Waals surface area contributed by atoms with Crippen LogP contribution in [0.25, 0.3) is 10.9 Å². The topological polar surface area (TPSA) is 62.2 Å². The Morgan fingerprint density at radius 3 is 2.70 bits per heavy atom. The maximum atomic E-state index is 12.4. The number of rotatable bonds is 4. The molecule has 0 saturated carbocycles. The van der Waals surface area contributed by atoms with Gasteiger partial charge in [-0.15, -0.1) is 0 Å². The lowest BCUT2D eigenvalue weighted by atomic mass is 10.1. The first-order chi connectivity index (χ1) is 11.2. The minimum atomic E-state index is -0.482. The normalized spacial score (nSPS) is 12.1. The molecule has 2 aromatic carbocycles. The molecule has 4 nitrogen and oxygen atoms in total. The number of pyridine rings is 1. The number of aliphatic hydroxyl groups excluding tert-OH is 1. The highest BCUT2D eigenvalue weighted by molar-refractivity contribution is 6.30. The molecule has 1 aromatic heterocycles. The van der Waals surface area contributed by atoms with E-state index >= 15 is 0 Å². The molecule has 1 atom stereocenters. The molecule has 23 heavy (non-hydrogen) atoms. The van der Waals surface area contributed by atoms with E-state index in [0.29, 0.717) is 10.6 Å². The largest absolute Gasteiger partial charge is 0.394 e. The van der Waals surface area contributed by atoms with Gasteiger partial charge in [0.2, 0.25) is 0 Å². The summed E-state index contributed by atoms with van der Waals surface area (Å²) in [5.41, 5.74) is 2.16. The number of hydrogen-bond acceptors (Lipinski definition) is 3. The highest BCUT2D eigenvalue weighted by Gasteiger charge is 2.15. The molecular weight excluding hydrogens is 312 g/mol. The zero-order valence-corrected chi connectivity index (χ0v) is 13.0. The van der Waals surface area contributed by atoms with Crippen LogP contribution >= 0.6 is 11.6 Å². The van der Waals surface area contributed by atoms with Crippen LogP contribution in [0.5, 0.6) is 0 Å². The van der Waals surface area contributed by atoms with Gasteiger partial charge >= 0.3 is 0 Å². The molecule has 0 fully saturated rings. The smallest absolute Gasteiger partial charge is 0.251 e. The minimum Gasteiger partial charge on any atom is -0.394 e. The molecule has 5 heteroatoms. The van der Waals surface area contributed by atoms with E-state index in [0.717, 1.165) is 16.5 Å². The highest BCUT2D eigenvalue weighted by atomic mass is 35.5. The van der Waals surface area contributed by atoms with Crippen molar-refractivity contribution in [3.05, 3.63) is 76.9 Å². The second-order valence-electron chi connectivity index (χ2n) is 5.17. The fourth-order valence-electron chi connectivity index (χ4n) is 2.39. The lowest BCUT2D eigenvalue weighted by Gasteiger charge is -2.17. The molecule has 0 aliphatic heterocycles. The summed E-state index contributed by atoms with van der Waals surface area (Å²) in [5.74, 6) is -0.246. The number of amides is 1. The number of nitrogens with zero attached hydrogens (tertiary/aromatic N) is 1. The number of aliphatic hydroxyl groups is 1. The van der Waals surface area contributed by atoms with Gasteiger partial charge < -0.3 is 10.4 Å². The van der Waals surface area contributed by atoms with Crippen molar-refractivity contribution in [2.24, 2.45) is 0 Å². The average molecular weight is 327 g/mol. The summed E-state index contributed by atoms with van der Waals surface area (Å²) >= 11 is 5.86. The van der Waals surface area contributed by atoms with Crippen molar-refractivity contribution in [3.63, 3.8) is 0 Å². The zero-order chi connectivity index (χ0) is 16.2. The third kappa shape index (κ3) is 3.50. The van der Waals surface area contributed by atoms with Crippen LogP contribution in [0.1, 0.15) is 22.0 Å². The van der Waals surface area contributed by atoms with Crippen molar-refractivity contribution in [3.8, 4) is 0 Å². The number of hydrogen-bond donors (Lipinski definition) is 2. The van der Waals surface area contributed by atoms with E-state index in [9.17, 15) is 9.90 Å². The lowest BCUT2D eigenvalue weighted by molar-refractivity contribution is 0.0916. The van der Waals surface area contributed by atoms with Crippen LogP contribution < -0.4 is 5.32 Å². The second-order valence-corrected chi connectivity index (χ2v) is 5.61. The Bertz CT molecular complexity index is 834. The van der Waals surface area contributed by atoms with Crippen LogP contribution in [0, 0.1) is 0 Å². The van der Waals surface area contributed by atoms with E-state index in [2.05, 4.69) is 10.3 Å². The number of halogens is 1. The Morgan fingerprint density at radius 2 is 1.96 bits per heavy atom. The van der Waals surface area contributed by atoms with Gasteiger partial charge in [0.05, 0.1) is 18.2 Å². The van der Waals surface area contributed by atoms with Crippen LogP contribution in [0.15, 0.2) is 60.8 Å². The van der Waals surface area contributed by atoms with E-state index in [-0.39, 0.29) is 12.5 Å². The number of aromatic nitrogens is 1. The number of benzene rings is 2. The molecule has 2 N–H and O–H groups in total. The van der Waals surface area contributed by atoms with E-state index in [1.54, 1.807) is 48.7 Å². The van der Waals surface area contributed by atoms with Gasteiger partial charge in [-0.2, -0.15) is 0 Å². The van der Waals surface area contributed by atoms with Crippen LogP contribution in [-0.4, -0.2) is 22.6 Å². The van der Waals surface area contributed by atoms with Gasteiger partial charge in [0.15, 0.2) is 0 Å². The van der Waals surface area contributed by atoms with Crippen molar-refractivity contribution in [2.45, 2.75) is 6.04 Å². The first-order valence-electron chi connectivity index (χ1n) is 7.19. The van der Waals surface area contributed by atoms with E-state index in [1.165, 1.54) is 0 Å². The molecule has 3 aromatic rings. The maximum absolute atomic E-state index is 12.4. The van der Waals surface area contributed by atoms with Crippen molar-refractivity contribution in [2.75, 3.05) is 6.61 Å². The molecule has 116 valence electrons. The first kappa shape index (κ1) is 15.5. The molecule has 0 radical (unpaired) electrons. The molecule has 1 heterocycles. The van der Waals surface area contributed by atoms with Gasteiger partial charge in [0.25, 0.3) is 5.91 Å². The Morgan fingerprint density at radius 1 is 1.17 bits per heavy atom. The van der Waals surface area contributed by atoms with Crippen molar-refractivity contribution >= 4 is 28.4 Å². The first-order valence-corrected chi connectivity index (χ1v) is 7.57. The SMILES string of the molecule is O=C(NC(CO)c1ccc(Cl)cc1)c1ccc2ncccc2c1. The number of carbonyl (C=O) groups excluding carboxylic acids is 1. The molecule has 0 saturated heterocycles. The fraction of sp³-hybridized carbons (Fsp3) is 0.111. The third-order valence-electron chi connectivity index (χ3n) is 3.63. The van der Waals surface area contributed by atoms with Gasteiger partial charge in [0, 0.05) is 22.2 Å². The maximum Gasteiger partial charge on any atom is 0.251 e. The zero-order valence-electron chi connectivity index (χ0n) is 12.2. The van der Waals surface area contributed by atoms with Gasteiger partial charge in [-0.3, -0.25) is 9.78 Å². The predicted octanol–water partition coefficient (Wildman–Crippen LogP) is 3.35. The molecule has 1 amide bonds. The predicted molar refractivity (Wildman–Crippen MR) is 90.5 cm³/mol. The van der Waals surface area contributed by atoms with E-state index in [1.807, 2.05) is 12.1 Å². The third-order valence-corrected chi connectivity index (χ3v) is 3.88. The average Bonchev–Trinajstić information content (AvgIpc) is 2.60. The standard InChI is InChI=1S/C18H15ClN2O2/c19-15-6-3-12(4-7-15)17(11-22)21-18(23)14-5-8-16-13(10-14)2-1-9-20-16/h1-10,17,22H,11H2,(H,21,23). The lowest BCUT2D eigenvalue weighted by Crippen LogP contribution is -2.30. The van der Waals surface area contributed by atoms with E-state index in [4.69, 9.17) is 11.6 Å². The van der Waals surface area contributed by atoms with Crippen LogP contribution in [0.3, 0.4) is 0 Å². The minimum absolute atomic E-state index is 0.192. The molecule has 3 rings (SSSR count). The summed E-state index contributed by atoms with van der Waals surface area (Å²) in [6.07, 6.45) is 1.71. The van der Waals surface area contributed by atoms with Crippen LogP contribution in [0.2, 0.25) is 5.02 Å². The van der Waals surface area contributed by atoms with Gasteiger partial charge in [-0.05, 0) is 42.0 Å². The number of carbonyl (C=O) groups is 1. The number of fused-ring (bicyclic) bond motifs is 1. The highest BCUT2D eigenvalue weighted by Crippen LogP contribution is 2.18. The summed E-state index contributed by atoms with van der Waals surface area (Å²) < 4.78 is 0. The molecule has 1 unspecified atom stereocenters. The van der Waals surface area contributed by atoms with Crippen molar-refractivity contribution < 1.29 is 9.90 Å². The van der Waals surface area contributed by atoms with Gasteiger partial charge in [0.1, 0.15) is 0 Å². The number of nitrogens with one attached hydrogen (secondary N) is 1. The molecular formula is C18H15ClN2O2. The summed E-state index contributed by atoms with van der Waals surface area (Å²) in [5, 5.41) is 13.9. The Kier molecular flexibility index (Phi) is 4.55. The van der Waals surface area contributed by atoms with Gasteiger partial charge in [-0.25, -0.2) is 0 Å². The van der Waals surface area contributed by atoms with Crippen molar-refractivity contribution in [1.82, 2.24) is 10.3 Å². The summed E-state index contributed by atoms with van der Waals surface area (Å²) in [6, 6.07) is 15.6. The molecule has 0 aliphatic carbocycles. The molecule has 0 aliphatic rings. The van der Waals surface area contributed by atoms with Crippen LogP contribution in [0.4, 0.5) is 0 Å². The summed E-state index contributed by atoms with van der Waals surface area (Å²) in [6.45, 7) is -0.192. The fourth-order valence-corrected chi connectivity index (χ4v) is 2.51. The van der Waals surface area contributed by atoms with E-state index < -0.39 is 6.04 Å². The second kappa shape index (κ2) is 6.77. The van der Waals surface area contributed by atoms with Crippen LogP contribution in [-0.2, 0) is 0 Å². The molecule has 0 spiro atoms.